The minimum absolute atomic E-state index is 0.239. The van der Waals surface area contributed by atoms with E-state index in [-0.39, 0.29) is 19.0 Å². The van der Waals surface area contributed by atoms with E-state index >= 15 is 0 Å². The van der Waals surface area contributed by atoms with Crippen molar-refractivity contribution < 1.29 is 27.1 Å². The molecule has 1 amide bonds. The first-order valence-electron chi connectivity index (χ1n) is 10.1. The first kappa shape index (κ1) is 23.5. The van der Waals surface area contributed by atoms with Gasteiger partial charge in [-0.15, -0.1) is 0 Å². The van der Waals surface area contributed by atoms with Crippen LogP contribution in [0.25, 0.3) is 0 Å². The summed E-state index contributed by atoms with van der Waals surface area (Å²) in [5, 5.41) is 0. The van der Waals surface area contributed by atoms with Gasteiger partial charge >= 0.3 is 6.18 Å². The second-order valence-electron chi connectivity index (χ2n) is 7.41. The summed E-state index contributed by atoms with van der Waals surface area (Å²) in [5.74, 6) is -0.685. The molecule has 0 aliphatic heterocycles. The lowest BCUT2D eigenvalue weighted by Crippen LogP contribution is -2.33. The molecule has 2 aromatic carbocycles. The van der Waals surface area contributed by atoms with Crippen molar-refractivity contribution in [1.82, 2.24) is 9.47 Å². The monoisotopic (exact) mass is 448 g/mol. The molecule has 3 aromatic rings. The molecule has 0 saturated carbocycles. The number of hydrogen-bond donors (Lipinski definition) is 0. The fourth-order valence-corrected chi connectivity index (χ4v) is 3.41. The van der Waals surface area contributed by atoms with Crippen LogP contribution in [-0.4, -0.2) is 35.6 Å². The van der Waals surface area contributed by atoms with Gasteiger partial charge in [-0.25, -0.2) is 4.39 Å². The molecule has 8 heteroatoms. The Bertz CT molecular complexity index is 1030. The zero-order chi connectivity index (χ0) is 23.1. The van der Waals surface area contributed by atoms with Gasteiger partial charge in [0.2, 0.25) is 0 Å². The number of aromatic nitrogens is 1. The summed E-state index contributed by atoms with van der Waals surface area (Å²) >= 11 is 0. The van der Waals surface area contributed by atoms with E-state index in [9.17, 15) is 22.4 Å². The minimum atomic E-state index is -4.41. The fraction of sp³-hybridized carbons (Fsp3) is 0.292. The molecule has 32 heavy (non-hydrogen) atoms. The lowest BCUT2D eigenvalue weighted by molar-refractivity contribution is -0.137. The number of halogens is 4. The van der Waals surface area contributed by atoms with Crippen LogP contribution in [0.4, 0.5) is 17.6 Å². The van der Waals surface area contributed by atoms with E-state index in [1.165, 1.54) is 30.3 Å². The molecule has 0 unspecified atom stereocenters. The Morgan fingerprint density at radius 2 is 1.81 bits per heavy atom. The van der Waals surface area contributed by atoms with Gasteiger partial charge in [-0.1, -0.05) is 12.1 Å². The zero-order valence-corrected chi connectivity index (χ0v) is 17.6. The second-order valence-corrected chi connectivity index (χ2v) is 7.41. The number of amides is 1. The summed E-state index contributed by atoms with van der Waals surface area (Å²) in [6.45, 7) is 1.38. The van der Waals surface area contributed by atoms with E-state index in [0.29, 0.717) is 30.7 Å². The van der Waals surface area contributed by atoms with Gasteiger partial charge in [0.25, 0.3) is 5.91 Å². The third-order valence-corrected chi connectivity index (χ3v) is 5.04. The van der Waals surface area contributed by atoms with E-state index in [1.54, 1.807) is 30.3 Å². The van der Waals surface area contributed by atoms with Crippen LogP contribution in [0.3, 0.4) is 0 Å². The van der Waals surface area contributed by atoms with E-state index in [1.807, 2.05) is 10.6 Å². The molecule has 0 atom stereocenters. The molecule has 0 fully saturated rings. The smallest absolute Gasteiger partial charge is 0.385 e. The molecule has 0 bridgehead atoms. The summed E-state index contributed by atoms with van der Waals surface area (Å²) < 4.78 is 59.3. The summed E-state index contributed by atoms with van der Waals surface area (Å²) in [4.78, 5) is 14.7. The number of rotatable bonds is 9. The van der Waals surface area contributed by atoms with Gasteiger partial charge in [0.05, 0.1) is 12.1 Å². The number of alkyl halides is 3. The highest BCUT2D eigenvalue weighted by atomic mass is 19.4. The highest BCUT2D eigenvalue weighted by Crippen LogP contribution is 2.29. The maximum atomic E-state index is 13.3. The Hall–Kier alpha value is -3.13. The van der Waals surface area contributed by atoms with E-state index in [4.69, 9.17) is 4.74 Å². The number of methoxy groups -OCH3 is 1. The average molecular weight is 448 g/mol. The topological polar surface area (TPSA) is 34.5 Å². The van der Waals surface area contributed by atoms with E-state index in [0.717, 1.165) is 17.8 Å². The van der Waals surface area contributed by atoms with E-state index < -0.39 is 17.6 Å². The summed E-state index contributed by atoms with van der Waals surface area (Å²) in [6, 6.07) is 14.1. The standard InChI is InChI=1S/C24H24F4N2O2/c1-32-14-4-13-30(23(31)19-8-10-21(25)11-9-19)17-22-7-3-12-29(22)16-18-5-2-6-20(15-18)24(26,27)28/h2-3,5-12,15H,4,13-14,16-17H2,1H3. The fourth-order valence-electron chi connectivity index (χ4n) is 3.41. The molecule has 0 aliphatic carbocycles. The molecule has 0 N–H and O–H groups in total. The molecular formula is C24H24F4N2O2. The van der Waals surface area contributed by atoms with E-state index in [2.05, 4.69) is 0 Å². The van der Waals surface area contributed by atoms with Crippen LogP contribution in [0.2, 0.25) is 0 Å². The molecule has 4 nitrogen and oxygen atoms in total. The first-order chi connectivity index (χ1) is 15.3. The van der Waals surface area contributed by atoms with Crippen molar-refractivity contribution in [3.8, 4) is 0 Å². The van der Waals surface area contributed by atoms with Crippen molar-refractivity contribution in [3.63, 3.8) is 0 Å². The normalized spacial score (nSPS) is 11.5. The summed E-state index contributed by atoms with van der Waals surface area (Å²) in [7, 11) is 1.58. The van der Waals surface area contributed by atoms with Crippen LogP contribution in [0, 0.1) is 5.82 Å². The second kappa shape index (κ2) is 10.5. The quantitative estimate of drug-likeness (QED) is 0.326. The molecule has 0 spiro atoms. The molecule has 1 heterocycles. The van der Waals surface area contributed by atoms with Crippen LogP contribution in [0.5, 0.6) is 0 Å². The van der Waals surface area contributed by atoms with Crippen molar-refractivity contribution in [2.24, 2.45) is 0 Å². The molecule has 3 rings (SSSR count). The Kier molecular flexibility index (Phi) is 7.69. The Balaban J connectivity index is 1.79. The Morgan fingerprint density at radius 1 is 1.06 bits per heavy atom. The van der Waals surface area contributed by atoms with Gasteiger partial charge in [0.1, 0.15) is 5.82 Å². The third-order valence-electron chi connectivity index (χ3n) is 5.04. The highest BCUT2D eigenvalue weighted by molar-refractivity contribution is 5.94. The lowest BCUT2D eigenvalue weighted by atomic mass is 10.1. The van der Waals surface area contributed by atoms with Gasteiger partial charge in [-0.2, -0.15) is 13.2 Å². The number of benzene rings is 2. The van der Waals surface area contributed by atoms with Crippen molar-refractivity contribution in [2.75, 3.05) is 20.3 Å². The van der Waals surface area contributed by atoms with Crippen molar-refractivity contribution in [3.05, 3.63) is 95.1 Å². The number of carbonyl (C=O) groups is 1. The molecule has 170 valence electrons. The van der Waals surface area contributed by atoms with Crippen molar-refractivity contribution >= 4 is 5.91 Å². The number of carbonyl (C=O) groups excluding carboxylic acids is 1. The number of nitrogens with zero attached hydrogens (tertiary/aromatic N) is 2. The van der Waals surface area contributed by atoms with Gasteiger partial charge in [0, 0.05) is 44.3 Å². The lowest BCUT2D eigenvalue weighted by Gasteiger charge is -2.24. The molecule has 0 saturated heterocycles. The first-order valence-corrected chi connectivity index (χ1v) is 10.1. The summed E-state index contributed by atoms with van der Waals surface area (Å²) in [5.41, 5.74) is 0.944. The Labute approximate surface area is 184 Å². The van der Waals surface area contributed by atoms with Crippen LogP contribution in [-0.2, 0) is 24.0 Å². The van der Waals surface area contributed by atoms with Gasteiger partial charge in [0.15, 0.2) is 0 Å². The molecule has 1 aromatic heterocycles. The molecule has 0 aliphatic rings. The SMILES string of the molecule is COCCCN(Cc1cccn1Cc1cccc(C(F)(F)F)c1)C(=O)c1ccc(F)cc1. The van der Waals surface area contributed by atoms with Crippen LogP contribution in [0.15, 0.2) is 66.9 Å². The largest absolute Gasteiger partial charge is 0.416 e. The van der Waals surface area contributed by atoms with Crippen molar-refractivity contribution in [1.29, 1.82) is 0 Å². The van der Waals surface area contributed by atoms with Crippen LogP contribution < -0.4 is 0 Å². The number of hydrogen-bond acceptors (Lipinski definition) is 2. The van der Waals surface area contributed by atoms with Gasteiger partial charge in [-0.3, -0.25) is 4.79 Å². The third kappa shape index (κ3) is 6.20. The predicted molar refractivity (Wildman–Crippen MR) is 113 cm³/mol. The minimum Gasteiger partial charge on any atom is -0.385 e. The molecule has 0 radical (unpaired) electrons. The number of ether oxygens (including phenoxy) is 1. The van der Waals surface area contributed by atoms with Crippen LogP contribution in [0.1, 0.15) is 33.6 Å². The maximum absolute atomic E-state index is 13.3. The zero-order valence-electron chi connectivity index (χ0n) is 17.6. The highest BCUT2D eigenvalue weighted by Gasteiger charge is 2.30. The molecular weight excluding hydrogens is 424 g/mol. The Morgan fingerprint density at radius 3 is 2.50 bits per heavy atom. The maximum Gasteiger partial charge on any atom is 0.416 e. The predicted octanol–water partition coefficient (Wildman–Crippen LogP) is 5.37. The average Bonchev–Trinajstić information content (AvgIpc) is 3.19. The summed E-state index contributed by atoms with van der Waals surface area (Å²) in [6.07, 6.45) is -2.03. The van der Waals surface area contributed by atoms with Crippen LogP contribution >= 0.6 is 0 Å². The van der Waals surface area contributed by atoms with Gasteiger partial charge < -0.3 is 14.2 Å². The van der Waals surface area contributed by atoms with Crippen molar-refractivity contribution in [2.45, 2.75) is 25.7 Å². The van der Waals surface area contributed by atoms with Gasteiger partial charge in [-0.05, 0) is 60.5 Å².